The van der Waals surface area contributed by atoms with Gasteiger partial charge in [0.05, 0.1) is 37.4 Å². The Labute approximate surface area is 162 Å². The van der Waals surface area contributed by atoms with Crippen LogP contribution in [-0.2, 0) is 14.3 Å². The van der Waals surface area contributed by atoms with Gasteiger partial charge >= 0.3 is 0 Å². The molecule has 0 spiro atoms. The highest BCUT2D eigenvalue weighted by atomic mass is 32.2. The van der Waals surface area contributed by atoms with E-state index in [2.05, 4.69) is 0 Å². The fraction of sp³-hybridized carbons (Fsp3) is 0.579. The number of thioether (sulfide) groups is 1. The molecule has 1 saturated heterocycles. The van der Waals surface area contributed by atoms with E-state index in [1.165, 1.54) is 36.0 Å². The van der Waals surface area contributed by atoms with Crippen molar-refractivity contribution in [3.05, 3.63) is 35.6 Å². The molecule has 6 nitrogen and oxygen atoms in total. The molecule has 3 rings (SSSR count). The maximum atomic E-state index is 13.0. The first-order chi connectivity index (χ1) is 13.0. The van der Waals surface area contributed by atoms with Crippen LogP contribution in [0.2, 0.25) is 0 Å². The number of halogens is 1. The van der Waals surface area contributed by atoms with Gasteiger partial charge in [0.25, 0.3) is 0 Å². The quantitative estimate of drug-likeness (QED) is 0.720. The number of carbonyl (C=O) groups excluding carboxylic acids is 2. The Morgan fingerprint density at radius 1 is 1.22 bits per heavy atom. The fourth-order valence-corrected chi connectivity index (χ4v) is 3.83. The molecular weight excluding hydrogens is 371 g/mol. The number of aliphatic hydroxyl groups is 1. The number of benzene rings is 1. The molecular formula is C19H25FN2O4S. The average molecular weight is 396 g/mol. The summed E-state index contributed by atoms with van der Waals surface area (Å²) in [6.45, 7) is 2.52. The molecule has 2 amide bonds. The predicted molar refractivity (Wildman–Crippen MR) is 101 cm³/mol. The molecule has 1 atom stereocenters. The van der Waals surface area contributed by atoms with Crippen molar-refractivity contribution in [2.24, 2.45) is 0 Å². The van der Waals surface area contributed by atoms with Crippen LogP contribution in [0.5, 0.6) is 0 Å². The lowest BCUT2D eigenvalue weighted by Crippen LogP contribution is -2.42. The van der Waals surface area contributed by atoms with Gasteiger partial charge < -0.3 is 19.6 Å². The summed E-state index contributed by atoms with van der Waals surface area (Å²) in [4.78, 5) is 28.2. The second-order valence-electron chi connectivity index (χ2n) is 6.83. The van der Waals surface area contributed by atoms with Crippen molar-refractivity contribution < 1.29 is 23.8 Å². The lowest BCUT2D eigenvalue weighted by Gasteiger charge is -2.27. The van der Waals surface area contributed by atoms with E-state index in [0.29, 0.717) is 31.9 Å². The van der Waals surface area contributed by atoms with Crippen LogP contribution in [0, 0.1) is 5.82 Å². The smallest absolute Gasteiger partial charge is 0.232 e. The largest absolute Gasteiger partial charge is 0.387 e. The predicted octanol–water partition coefficient (Wildman–Crippen LogP) is 1.44. The highest BCUT2D eigenvalue weighted by molar-refractivity contribution is 8.00. The zero-order valence-corrected chi connectivity index (χ0v) is 16.0. The molecule has 27 heavy (non-hydrogen) atoms. The van der Waals surface area contributed by atoms with Gasteiger partial charge in [0.2, 0.25) is 11.8 Å². The zero-order valence-electron chi connectivity index (χ0n) is 15.2. The highest BCUT2D eigenvalue weighted by Crippen LogP contribution is 2.29. The minimum atomic E-state index is -0.852. The summed E-state index contributed by atoms with van der Waals surface area (Å²) in [6.07, 6.45) is 1.01. The number of aliphatic hydroxyl groups excluding tert-OH is 1. The van der Waals surface area contributed by atoms with E-state index in [1.54, 1.807) is 9.80 Å². The molecule has 8 heteroatoms. The van der Waals surface area contributed by atoms with Crippen LogP contribution in [0.3, 0.4) is 0 Å². The molecule has 0 radical (unpaired) electrons. The number of ether oxygens (including phenoxy) is 1. The SMILES string of the molecule is O=C(CSCC(=O)N(C[C@H](O)c1ccc(F)cc1)C1CC1)N1CCOCC1. The molecule has 148 valence electrons. The summed E-state index contributed by atoms with van der Waals surface area (Å²) in [6, 6.07) is 5.82. The molecule has 1 aromatic carbocycles. The van der Waals surface area contributed by atoms with E-state index in [1.807, 2.05) is 0 Å². The van der Waals surface area contributed by atoms with Gasteiger partial charge in [0, 0.05) is 19.1 Å². The van der Waals surface area contributed by atoms with E-state index >= 15 is 0 Å². The number of morpholine rings is 1. The van der Waals surface area contributed by atoms with Gasteiger partial charge in [0.15, 0.2) is 0 Å². The zero-order chi connectivity index (χ0) is 19.2. The lowest BCUT2D eigenvalue weighted by molar-refractivity contribution is -0.132. The van der Waals surface area contributed by atoms with Gasteiger partial charge in [-0.1, -0.05) is 12.1 Å². The minimum absolute atomic E-state index is 0.0282. The molecule has 1 heterocycles. The summed E-state index contributed by atoms with van der Waals surface area (Å²) >= 11 is 1.31. The Balaban J connectivity index is 1.47. The van der Waals surface area contributed by atoms with Crippen LogP contribution in [0.1, 0.15) is 24.5 Å². The normalized spacial score (nSPS) is 18.2. The van der Waals surface area contributed by atoms with Crippen LogP contribution in [0.15, 0.2) is 24.3 Å². The van der Waals surface area contributed by atoms with Crippen molar-refractivity contribution >= 4 is 23.6 Å². The second kappa shape index (κ2) is 9.52. The standard InChI is InChI=1S/C19H25FN2O4S/c20-15-3-1-14(2-4-15)17(23)11-22(16-5-6-16)19(25)13-27-12-18(24)21-7-9-26-10-8-21/h1-4,16-17,23H,5-13H2/t17-/m0/s1. The van der Waals surface area contributed by atoms with E-state index in [4.69, 9.17) is 4.74 Å². The second-order valence-corrected chi connectivity index (χ2v) is 7.82. The van der Waals surface area contributed by atoms with Gasteiger partial charge in [-0.3, -0.25) is 9.59 Å². The first-order valence-corrected chi connectivity index (χ1v) is 10.4. The Kier molecular flexibility index (Phi) is 7.09. The Morgan fingerprint density at radius 3 is 2.52 bits per heavy atom. The number of amides is 2. The van der Waals surface area contributed by atoms with Crippen molar-refractivity contribution in [2.75, 3.05) is 44.4 Å². The highest BCUT2D eigenvalue weighted by Gasteiger charge is 2.34. The van der Waals surface area contributed by atoms with E-state index in [9.17, 15) is 19.1 Å². The molecule has 2 fully saturated rings. The number of hydrogen-bond donors (Lipinski definition) is 1. The molecule has 1 aromatic rings. The Bertz CT molecular complexity index is 648. The van der Waals surface area contributed by atoms with Crippen molar-refractivity contribution in [3.63, 3.8) is 0 Å². The molecule has 1 aliphatic carbocycles. The minimum Gasteiger partial charge on any atom is -0.387 e. The summed E-state index contributed by atoms with van der Waals surface area (Å²) in [5.41, 5.74) is 0.588. The number of nitrogens with zero attached hydrogens (tertiary/aromatic N) is 2. The molecule has 1 aliphatic heterocycles. The molecule has 0 aromatic heterocycles. The molecule has 0 unspecified atom stereocenters. The van der Waals surface area contributed by atoms with Crippen molar-refractivity contribution in [1.82, 2.24) is 9.80 Å². The van der Waals surface area contributed by atoms with Crippen LogP contribution in [0.25, 0.3) is 0 Å². The topological polar surface area (TPSA) is 70.1 Å². The first-order valence-electron chi connectivity index (χ1n) is 9.21. The van der Waals surface area contributed by atoms with E-state index in [0.717, 1.165) is 12.8 Å². The summed E-state index contributed by atoms with van der Waals surface area (Å²) in [5, 5.41) is 10.4. The average Bonchev–Trinajstić information content (AvgIpc) is 3.52. The van der Waals surface area contributed by atoms with Gasteiger partial charge in [0.1, 0.15) is 5.82 Å². The van der Waals surface area contributed by atoms with Crippen molar-refractivity contribution in [2.45, 2.75) is 25.0 Å². The van der Waals surface area contributed by atoms with Gasteiger partial charge in [-0.05, 0) is 30.5 Å². The third-order valence-corrected chi connectivity index (χ3v) is 5.65. The van der Waals surface area contributed by atoms with Crippen LogP contribution in [-0.4, -0.2) is 77.1 Å². The van der Waals surface area contributed by atoms with E-state index < -0.39 is 6.10 Å². The van der Waals surface area contributed by atoms with Crippen LogP contribution >= 0.6 is 11.8 Å². The van der Waals surface area contributed by atoms with Gasteiger partial charge in [-0.2, -0.15) is 0 Å². The van der Waals surface area contributed by atoms with Crippen molar-refractivity contribution in [3.8, 4) is 0 Å². The molecule has 1 N–H and O–H groups in total. The third kappa shape index (κ3) is 5.92. The fourth-order valence-electron chi connectivity index (χ4n) is 3.03. The maximum absolute atomic E-state index is 13.0. The number of carbonyl (C=O) groups is 2. The molecule has 1 saturated carbocycles. The Hall–Kier alpha value is -1.64. The molecule has 2 aliphatic rings. The van der Waals surface area contributed by atoms with Gasteiger partial charge in [-0.15, -0.1) is 11.8 Å². The molecule has 0 bridgehead atoms. The summed E-state index contributed by atoms with van der Waals surface area (Å²) in [7, 11) is 0. The number of hydrogen-bond acceptors (Lipinski definition) is 5. The van der Waals surface area contributed by atoms with Gasteiger partial charge in [-0.25, -0.2) is 4.39 Å². The number of rotatable bonds is 8. The maximum Gasteiger partial charge on any atom is 0.232 e. The Morgan fingerprint density at radius 2 is 1.89 bits per heavy atom. The monoisotopic (exact) mass is 396 g/mol. The van der Waals surface area contributed by atoms with Crippen LogP contribution in [0.4, 0.5) is 4.39 Å². The third-order valence-electron chi connectivity index (χ3n) is 4.75. The van der Waals surface area contributed by atoms with E-state index in [-0.39, 0.29) is 41.7 Å². The van der Waals surface area contributed by atoms with Crippen molar-refractivity contribution in [1.29, 1.82) is 0 Å². The lowest BCUT2D eigenvalue weighted by atomic mass is 10.1. The summed E-state index contributed by atoms with van der Waals surface area (Å²) in [5.74, 6) is 0.0780. The summed E-state index contributed by atoms with van der Waals surface area (Å²) < 4.78 is 18.3. The first kappa shape index (κ1) is 20.1. The van der Waals surface area contributed by atoms with Crippen LogP contribution < -0.4 is 0 Å².